The first kappa shape index (κ1) is 22.7. The van der Waals surface area contributed by atoms with E-state index in [1.165, 1.54) is 4.90 Å². The van der Waals surface area contributed by atoms with Crippen molar-refractivity contribution in [1.29, 1.82) is 0 Å². The van der Waals surface area contributed by atoms with Crippen LogP contribution in [-0.4, -0.2) is 57.3 Å². The van der Waals surface area contributed by atoms with Gasteiger partial charge in [0.2, 0.25) is 5.91 Å². The predicted molar refractivity (Wildman–Crippen MR) is 116 cm³/mol. The molecule has 1 aliphatic heterocycles. The Morgan fingerprint density at radius 1 is 1.00 bits per heavy atom. The highest BCUT2D eigenvalue weighted by Crippen LogP contribution is 2.18. The number of quaternary nitrogens is 2. The van der Waals surface area contributed by atoms with Crippen LogP contribution in [0.2, 0.25) is 0 Å². The van der Waals surface area contributed by atoms with Crippen LogP contribution in [0.1, 0.15) is 12.8 Å². The first-order valence-corrected chi connectivity index (χ1v) is 10.8. The van der Waals surface area contributed by atoms with Crippen molar-refractivity contribution < 1.29 is 29.6 Å². The van der Waals surface area contributed by atoms with Crippen molar-refractivity contribution >= 4 is 28.9 Å². The molecule has 166 valence electrons. The number of hydrogen-bond acceptors (Lipinski definition) is 5. The van der Waals surface area contributed by atoms with Crippen LogP contribution in [-0.2, 0) is 14.3 Å². The van der Waals surface area contributed by atoms with Gasteiger partial charge in [0.15, 0.2) is 0 Å². The number of carbonyl (C=O) groups is 2. The average Bonchev–Trinajstić information content (AvgIpc) is 2.78. The van der Waals surface area contributed by atoms with Crippen molar-refractivity contribution in [3.8, 4) is 0 Å². The van der Waals surface area contributed by atoms with Gasteiger partial charge in [-0.15, -0.1) is 0 Å². The summed E-state index contributed by atoms with van der Waals surface area (Å²) in [6.45, 7) is 5.18. The highest BCUT2D eigenvalue weighted by atomic mass is 16.5. The van der Waals surface area contributed by atoms with E-state index in [9.17, 15) is 14.7 Å². The number of nitrogens with one attached hydrogen (secondary N) is 3. The fourth-order valence-electron chi connectivity index (χ4n) is 3.58. The Hall–Kier alpha value is -2.94. The number of anilines is 3. The minimum Gasteiger partial charge on any atom is -0.544 e. The van der Waals surface area contributed by atoms with Crippen LogP contribution in [0.4, 0.5) is 17.1 Å². The molecule has 0 radical (unpaired) electrons. The number of nitrogens with two attached hydrogens (primary N) is 1. The lowest BCUT2D eigenvalue weighted by Crippen LogP contribution is -3.14. The summed E-state index contributed by atoms with van der Waals surface area (Å²) in [6, 6.07) is 16.2. The molecule has 2 aromatic rings. The van der Waals surface area contributed by atoms with Gasteiger partial charge in [-0.05, 0) is 36.4 Å². The third kappa shape index (κ3) is 8.01. The van der Waals surface area contributed by atoms with Crippen molar-refractivity contribution in [2.45, 2.75) is 18.9 Å². The van der Waals surface area contributed by atoms with Crippen LogP contribution in [0.5, 0.6) is 0 Å². The van der Waals surface area contributed by atoms with E-state index in [2.05, 4.69) is 10.6 Å². The first-order chi connectivity index (χ1) is 15.1. The van der Waals surface area contributed by atoms with Crippen LogP contribution < -0.4 is 26.0 Å². The summed E-state index contributed by atoms with van der Waals surface area (Å²) in [5.74, 6) is -1.55. The predicted octanol–water partition coefficient (Wildman–Crippen LogP) is -1.25. The number of hydrogen-bond donors (Lipinski definition) is 4. The van der Waals surface area contributed by atoms with E-state index in [1.54, 1.807) is 17.4 Å². The molecule has 31 heavy (non-hydrogen) atoms. The first-order valence-electron chi connectivity index (χ1n) is 10.8. The molecule has 1 aliphatic rings. The largest absolute Gasteiger partial charge is 0.544 e. The molecule has 3 rings (SSSR count). The maximum atomic E-state index is 12.3. The van der Waals surface area contributed by atoms with Gasteiger partial charge in [-0.1, -0.05) is 18.2 Å². The number of benzene rings is 2. The van der Waals surface area contributed by atoms with Gasteiger partial charge in [0.1, 0.15) is 19.1 Å². The van der Waals surface area contributed by atoms with Gasteiger partial charge < -0.3 is 35.5 Å². The standard InChI is InChI=1S/C23H30N4O4/c28-22(17-21(23(29)30)24-11-4-12-27-13-15-31-16-14-27)26-20-9-7-19(8-10-20)25-18-5-2-1-3-6-18/h1-3,5-10,21,24-25H,4,11-17H2,(H,26,28)(H,29,30)/p+1/t21-/m1/s1. The van der Waals surface area contributed by atoms with Crippen LogP contribution in [0, 0.1) is 0 Å². The van der Waals surface area contributed by atoms with Crippen molar-refractivity contribution in [1.82, 2.24) is 0 Å². The summed E-state index contributed by atoms with van der Waals surface area (Å²) in [5, 5.41) is 19.2. The Balaban J connectivity index is 1.41. The van der Waals surface area contributed by atoms with Gasteiger partial charge in [-0.2, -0.15) is 0 Å². The van der Waals surface area contributed by atoms with Crippen molar-refractivity contribution in [2.24, 2.45) is 0 Å². The van der Waals surface area contributed by atoms with Crippen molar-refractivity contribution in [2.75, 3.05) is 50.0 Å². The molecule has 1 fully saturated rings. The van der Waals surface area contributed by atoms with Crippen LogP contribution >= 0.6 is 0 Å². The zero-order valence-corrected chi connectivity index (χ0v) is 17.6. The number of rotatable bonds is 11. The van der Waals surface area contributed by atoms with E-state index in [4.69, 9.17) is 4.74 Å². The number of morpholine rings is 1. The Bertz CT molecular complexity index is 823. The summed E-state index contributed by atoms with van der Waals surface area (Å²) in [7, 11) is 0. The molecule has 1 atom stereocenters. The number of carbonyl (C=O) groups excluding carboxylic acids is 2. The molecule has 1 heterocycles. The third-order valence-electron chi connectivity index (χ3n) is 5.32. The van der Waals surface area contributed by atoms with Gasteiger partial charge >= 0.3 is 0 Å². The summed E-state index contributed by atoms with van der Waals surface area (Å²) >= 11 is 0. The van der Waals surface area contributed by atoms with Gasteiger partial charge in [0.25, 0.3) is 0 Å². The van der Waals surface area contributed by atoms with Crippen molar-refractivity contribution in [3.63, 3.8) is 0 Å². The topological polar surface area (TPSA) is 112 Å². The molecule has 0 spiro atoms. The quantitative estimate of drug-likeness (QED) is 0.335. The van der Waals surface area contributed by atoms with E-state index in [0.717, 1.165) is 50.6 Å². The third-order valence-corrected chi connectivity index (χ3v) is 5.32. The lowest BCUT2D eigenvalue weighted by molar-refractivity contribution is -0.909. The summed E-state index contributed by atoms with van der Waals surface area (Å²) in [4.78, 5) is 25.3. The fourth-order valence-corrected chi connectivity index (χ4v) is 3.58. The number of para-hydroxylation sites is 1. The Morgan fingerprint density at radius 3 is 2.32 bits per heavy atom. The Labute approximate surface area is 182 Å². The SMILES string of the molecule is O=C(C[C@@H]([NH2+]CCC[NH+]1CCOCC1)C(=O)[O-])Nc1ccc(Nc2ccccc2)cc1. The second-order valence-corrected chi connectivity index (χ2v) is 7.74. The van der Waals surface area contributed by atoms with E-state index < -0.39 is 12.0 Å². The fraction of sp³-hybridized carbons (Fsp3) is 0.391. The molecule has 1 amide bonds. The number of amides is 1. The minimum absolute atomic E-state index is 0.128. The zero-order valence-electron chi connectivity index (χ0n) is 17.6. The smallest absolute Gasteiger partial charge is 0.230 e. The molecular formula is C23H31N4O4+. The zero-order chi connectivity index (χ0) is 21.9. The molecule has 8 nitrogen and oxygen atoms in total. The molecule has 0 unspecified atom stereocenters. The monoisotopic (exact) mass is 427 g/mol. The molecule has 0 saturated carbocycles. The van der Waals surface area contributed by atoms with E-state index in [0.29, 0.717) is 12.2 Å². The maximum Gasteiger partial charge on any atom is 0.230 e. The second kappa shape index (κ2) is 12.0. The van der Waals surface area contributed by atoms with Crippen LogP contribution in [0.3, 0.4) is 0 Å². The number of carboxylic acids is 1. The van der Waals surface area contributed by atoms with Crippen LogP contribution in [0.15, 0.2) is 54.6 Å². The number of ether oxygens (including phenoxy) is 1. The Morgan fingerprint density at radius 2 is 1.65 bits per heavy atom. The highest BCUT2D eigenvalue weighted by molar-refractivity contribution is 5.93. The molecule has 1 saturated heterocycles. The average molecular weight is 428 g/mol. The van der Waals surface area contributed by atoms with Gasteiger partial charge in [0, 0.05) is 23.5 Å². The minimum atomic E-state index is -1.21. The molecular weight excluding hydrogens is 396 g/mol. The normalized spacial score (nSPS) is 15.2. The summed E-state index contributed by atoms with van der Waals surface area (Å²) in [6.07, 6.45) is 0.757. The van der Waals surface area contributed by atoms with Gasteiger partial charge in [0.05, 0.1) is 38.7 Å². The summed E-state index contributed by atoms with van der Waals surface area (Å²) in [5.41, 5.74) is 2.49. The van der Waals surface area contributed by atoms with Crippen molar-refractivity contribution in [3.05, 3.63) is 54.6 Å². The molecule has 0 bridgehead atoms. The molecule has 0 aromatic heterocycles. The lowest BCUT2D eigenvalue weighted by Gasteiger charge is -2.23. The van der Waals surface area contributed by atoms with E-state index in [-0.39, 0.29) is 12.3 Å². The maximum absolute atomic E-state index is 12.3. The van der Waals surface area contributed by atoms with E-state index in [1.807, 2.05) is 42.5 Å². The summed E-state index contributed by atoms with van der Waals surface area (Å²) < 4.78 is 5.34. The molecule has 5 N–H and O–H groups in total. The Kier molecular flexibility index (Phi) is 8.84. The number of carboxylic acid groups (broad SMARTS) is 1. The highest BCUT2D eigenvalue weighted by Gasteiger charge is 2.19. The van der Waals surface area contributed by atoms with E-state index >= 15 is 0 Å². The van der Waals surface area contributed by atoms with Gasteiger partial charge in [-0.25, -0.2) is 0 Å². The molecule has 8 heteroatoms. The van der Waals surface area contributed by atoms with Crippen LogP contribution in [0.25, 0.3) is 0 Å². The second-order valence-electron chi connectivity index (χ2n) is 7.74. The molecule has 0 aliphatic carbocycles. The molecule has 2 aromatic carbocycles. The number of aliphatic carboxylic acids is 1. The van der Waals surface area contributed by atoms with Gasteiger partial charge in [-0.3, -0.25) is 4.79 Å². The lowest BCUT2D eigenvalue weighted by atomic mass is 10.2.